The highest BCUT2D eigenvalue weighted by atomic mass is 35.5. The minimum atomic E-state index is -0.691. The van der Waals surface area contributed by atoms with Gasteiger partial charge in [0.25, 0.3) is 0 Å². The molecule has 2 aromatic carbocycles. The Labute approximate surface area is 330 Å². The van der Waals surface area contributed by atoms with Crippen molar-refractivity contribution < 1.29 is 19.1 Å². The van der Waals surface area contributed by atoms with Crippen LogP contribution < -0.4 is 14.5 Å². The number of ether oxygens (including phenoxy) is 2. The molecule has 1 fully saturated rings. The van der Waals surface area contributed by atoms with Gasteiger partial charge in [-0.25, -0.2) is 4.79 Å². The van der Waals surface area contributed by atoms with Crippen LogP contribution in [0.25, 0.3) is 0 Å². The van der Waals surface area contributed by atoms with Gasteiger partial charge in [-0.2, -0.15) is 0 Å². The van der Waals surface area contributed by atoms with Crippen LogP contribution in [-0.2, 0) is 16.0 Å². The van der Waals surface area contributed by atoms with Crippen LogP contribution in [0, 0.1) is 5.92 Å². The molecule has 2 aromatic rings. The zero-order valence-corrected chi connectivity index (χ0v) is 34.6. The molecule has 0 bridgehead atoms. The largest absolute Gasteiger partial charge is 0.494 e. The van der Waals surface area contributed by atoms with Gasteiger partial charge in [0.1, 0.15) is 5.75 Å². The monoisotopic (exact) mass is 772 g/mol. The minimum absolute atomic E-state index is 0.0255. The smallest absolute Gasteiger partial charge is 0.411 e. The van der Waals surface area contributed by atoms with E-state index in [0.29, 0.717) is 36.0 Å². The molecule has 10 heteroatoms. The maximum Gasteiger partial charge on any atom is 0.411 e. The van der Waals surface area contributed by atoms with Crippen molar-refractivity contribution in [2.24, 2.45) is 5.92 Å². The number of anilines is 2. The average molecular weight is 774 g/mol. The van der Waals surface area contributed by atoms with E-state index in [1.54, 1.807) is 16.8 Å². The number of piperazine rings is 1. The number of aryl methyl sites for hydroxylation is 1. The summed E-state index contributed by atoms with van der Waals surface area (Å²) in [6, 6.07) is 11.8. The van der Waals surface area contributed by atoms with Crippen molar-refractivity contribution in [2.75, 3.05) is 62.7 Å². The molecule has 1 atom stereocenters. The molecule has 0 aliphatic carbocycles. The molecular formula is C43H66Cl2N4O4. The van der Waals surface area contributed by atoms with Crippen LogP contribution in [0.3, 0.4) is 0 Å². The summed E-state index contributed by atoms with van der Waals surface area (Å²) in [5.74, 6) is 0.624. The summed E-state index contributed by atoms with van der Waals surface area (Å²) >= 11 is 12.7. The normalized spacial score (nSPS) is 15.5. The van der Waals surface area contributed by atoms with Gasteiger partial charge in [0.2, 0.25) is 5.91 Å². The summed E-state index contributed by atoms with van der Waals surface area (Å²) in [6.07, 6.45) is 17.3. The minimum Gasteiger partial charge on any atom is -0.494 e. The van der Waals surface area contributed by atoms with Gasteiger partial charge in [-0.3, -0.25) is 14.6 Å². The SMILES string of the molecule is CCCCCCCCCCCCCCN(C)C(=O)OC(C(C)C)N1C(=O)CCc2ccc(OCCCCN3CCN(c4cccc(Cl)c4Cl)CC3)cc21. The zero-order chi connectivity index (χ0) is 38.0. The Morgan fingerprint density at radius 1 is 0.811 bits per heavy atom. The van der Waals surface area contributed by atoms with E-state index in [9.17, 15) is 9.59 Å². The Bertz CT molecular complexity index is 1400. The second-order valence-electron chi connectivity index (χ2n) is 15.3. The summed E-state index contributed by atoms with van der Waals surface area (Å²) in [6.45, 7) is 12.3. The first-order chi connectivity index (χ1) is 25.7. The van der Waals surface area contributed by atoms with Crippen LogP contribution in [0.1, 0.15) is 123 Å². The Morgan fingerprint density at radius 3 is 2.13 bits per heavy atom. The third-order valence-corrected chi connectivity index (χ3v) is 11.5. The lowest BCUT2D eigenvalue weighted by Crippen LogP contribution is -2.49. The molecule has 296 valence electrons. The number of fused-ring (bicyclic) bond motifs is 1. The number of carbonyl (C=O) groups excluding carboxylic acids is 2. The molecule has 2 aliphatic heterocycles. The number of nitrogens with zero attached hydrogens (tertiary/aromatic N) is 4. The first kappa shape index (κ1) is 43.1. The van der Waals surface area contributed by atoms with Crippen molar-refractivity contribution in [3.8, 4) is 5.75 Å². The van der Waals surface area contributed by atoms with Gasteiger partial charge in [0.15, 0.2) is 6.23 Å². The molecule has 0 aromatic heterocycles. The fourth-order valence-electron chi connectivity index (χ4n) is 7.38. The third kappa shape index (κ3) is 13.8. The number of halogens is 2. The number of carbonyl (C=O) groups is 2. The van der Waals surface area contributed by atoms with Gasteiger partial charge < -0.3 is 19.3 Å². The Balaban J connectivity index is 1.18. The number of hydrogen-bond acceptors (Lipinski definition) is 6. The summed E-state index contributed by atoms with van der Waals surface area (Å²) < 4.78 is 12.3. The fourth-order valence-corrected chi connectivity index (χ4v) is 7.80. The molecule has 8 nitrogen and oxygen atoms in total. The summed E-state index contributed by atoms with van der Waals surface area (Å²) in [5.41, 5.74) is 2.86. The number of amides is 2. The van der Waals surface area contributed by atoms with E-state index in [0.717, 1.165) is 81.1 Å². The topological polar surface area (TPSA) is 65.6 Å². The van der Waals surface area contributed by atoms with Gasteiger partial charge >= 0.3 is 6.09 Å². The van der Waals surface area contributed by atoms with Gasteiger partial charge in [0.05, 0.1) is 28.0 Å². The Morgan fingerprint density at radius 2 is 1.47 bits per heavy atom. The van der Waals surface area contributed by atoms with Gasteiger partial charge in [-0.05, 0) is 56.0 Å². The predicted octanol–water partition coefficient (Wildman–Crippen LogP) is 11.0. The molecule has 2 amide bonds. The number of rotatable bonds is 23. The van der Waals surface area contributed by atoms with Crippen molar-refractivity contribution in [3.63, 3.8) is 0 Å². The highest BCUT2D eigenvalue weighted by Gasteiger charge is 2.35. The van der Waals surface area contributed by atoms with Gasteiger partial charge in [-0.1, -0.05) is 127 Å². The molecule has 0 spiro atoms. The van der Waals surface area contributed by atoms with E-state index in [4.69, 9.17) is 32.7 Å². The first-order valence-corrected chi connectivity index (χ1v) is 21.4. The zero-order valence-electron chi connectivity index (χ0n) is 33.1. The molecule has 1 saturated heterocycles. The molecular weight excluding hydrogens is 707 g/mol. The van der Waals surface area contributed by atoms with Crippen LogP contribution in [0.2, 0.25) is 10.0 Å². The predicted molar refractivity (Wildman–Crippen MR) is 221 cm³/mol. The van der Waals surface area contributed by atoms with Crippen LogP contribution in [-0.4, -0.2) is 81.0 Å². The van der Waals surface area contributed by atoms with Crippen molar-refractivity contribution in [1.82, 2.24) is 9.80 Å². The first-order valence-electron chi connectivity index (χ1n) is 20.6. The highest BCUT2D eigenvalue weighted by Crippen LogP contribution is 2.36. The fraction of sp³-hybridized carbons (Fsp3) is 0.674. The number of unbranched alkanes of at least 4 members (excludes halogenated alkanes) is 12. The van der Waals surface area contributed by atoms with E-state index >= 15 is 0 Å². The van der Waals surface area contributed by atoms with E-state index in [-0.39, 0.29) is 17.9 Å². The Kier molecular flexibility index (Phi) is 18.9. The second-order valence-corrected chi connectivity index (χ2v) is 16.1. The van der Waals surface area contributed by atoms with Crippen molar-refractivity contribution in [1.29, 1.82) is 0 Å². The molecule has 53 heavy (non-hydrogen) atoms. The molecule has 4 rings (SSSR count). The maximum absolute atomic E-state index is 13.4. The van der Waals surface area contributed by atoms with Gasteiger partial charge in [-0.15, -0.1) is 0 Å². The number of hydrogen-bond donors (Lipinski definition) is 0. The second kappa shape index (κ2) is 23.3. The lowest BCUT2D eigenvalue weighted by atomic mass is 9.98. The number of benzene rings is 2. The molecule has 0 N–H and O–H groups in total. The van der Waals surface area contributed by atoms with Crippen molar-refractivity contribution in [2.45, 2.75) is 130 Å². The van der Waals surface area contributed by atoms with Crippen LogP contribution in [0.5, 0.6) is 5.75 Å². The van der Waals surface area contributed by atoms with Crippen LogP contribution >= 0.6 is 23.2 Å². The van der Waals surface area contributed by atoms with Gasteiger partial charge in [0, 0.05) is 58.2 Å². The maximum atomic E-state index is 13.4. The Hall–Kier alpha value is -2.68. The molecule has 0 saturated carbocycles. The standard InChI is InChI=1S/C43H66Cl2N4O4/c1-5-6-7-8-9-10-11-12-13-14-15-16-26-46(4)43(51)53-42(34(2)3)49-39-33-36(24-22-35(39)23-25-40(49)50)52-32-18-17-27-47-28-30-48(31-29-47)38-21-19-20-37(44)41(38)45/h19-22,24,33-34,42H,5-18,23,25-32H2,1-4H3. The quantitative estimate of drug-likeness (QED) is 0.105. The van der Waals surface area contributed by atoms with Crippen LogP contribution in [0.15, 0.2) is 36.4 Å². The lowest BCUT2D eigenvalue weighted by Gasteiger charge is -2.38. The van der Waals surface area contributed by atoms with E-state index in [2.05, 4.69) is 22.8 Å². The van der Waals surface area contributed by atoms with Crippen LogP contribution in [0.4, 0.5) is 16.2 Å². The molecule has 1 unspecified atom stereocenters. The lowest BCUT2D eigenvalue weighted by molar-refractivity contribution is -0.121. The van der Waals surface area contributed by atoms with Crippen molar-refractivity contribution >= 4 is 46.6 Å². The third-order valence-electron chi connectivity index (χ3n) is 10.7. The molecule has 2 aliphatic rings. The average Bonchev–Trinajstić information content (AvgIpc) is 3.15. The summed E-state index contributed by atoms with van der Waals surface area (Å²) in [7, 11) is 1.80. The van der Waals surface area contributed by atoms with Crippen molar-refractivity contribution in [3.05, 3.63) is 52.0 Å². The summed E-state index contributed by atoms with van der Waals surface area (Å²) in [4.78, 5) is 34.8. The molecule has 0 radical (unpaired) electrons. The summed E-state index contributed by atoms with van der Waals surface area (Å²) in [5, 5.41) is 1.22. The molecule has 2 heterocycles. The van der Waals surface area contributed by atoms with E-state index < -0.39 is 6.23 Å². The highest BCUT2D eigenvalue weighted by molar-refractivity contribution is 6.43. The van der Waals surface area contributed by atoms with E-state index in [1.807, 2.05) is 44.2 Å². The van der Waals surface area contributed by atoms with E-state index in [1.165, 1.54) is 64.2 Å².